The molecular formula is C29H28N4O2. The molecule has 1 aromatic heterocycles. The van der Waals surface area contributed by atoms with Crippen molar-refractivity contribution in [1.82, 2.24) is 4.98 Å². The van der Waals surface area contributed by atoms with Crippen LogP contribution in [0, 0.1) is 17.2 Å². The molecule has 0 radical (unpaired) electrons. The number of fused-ring (bicyclic) bond motifs is 1. The first kappa shape index (κ1) is 22.8. The standard InChI is InChI=1S/C29H28N4O2/c1-29(2)19-33(26-12-10-20(15-25(26)29)9-11-23-7-3-4-13-31-23)28(35)22-16-27(34)32(18-22)24-8-5-6-21(14-24)17-30/h3-8,10,12-15,22H,9,11,16,18-19H2,1-2H3/t22-/m0/s1. The Morgan fingerprint density at radius 1 is 1.11 bits per heavy atom. The molecule has 176 valence electrons. The van der Waals surface area contributed by atoms with Crippen LogP contribution < -0.4 is 9.80 Å². The monoisotopic (exact) mass is 464 g/mol. The van der Waals surface area contributed by atoms with Gasteiger partial charge >= 0.3 is 0 Å². The number of hydrogen-bond donors (Lipinski definition) is 0. The van der Waals surface area contributed by atoms with Crippen molar-refractivity contribution in [3.8, 4) is 6.07 Å². The lowest BCUT2D eigenvalue weighted by Crippen LogP contribution is -2.39. The summed E-state index contributed by atoms with van der Waals surface area (Å²) in [5, 5.41) is 9.19. The Morgan fingerprint density at radius 3 is 2.74 bits per heavy atom. The van der Waals surface area contributed by atoms with Gasteiger partial charge < -0.3 is 9.80 Å². The van der Waals surface area contributed by atoms with Crippen molar-refractivity contribution < 1.29 is 9.59 Å². The van der Waals surface area contributed by atoms with E-state index >= 15 is 0 Å². The number of nitrogens with zero attached hydrogens (tertiary/aromatic N) is 4. The number of hydrogen-bond acceptors (Lipinski definition) is 4. The summed E-state index contributed by atoms with van der Waals surface area (Å²) in [6.45, 7) is 5.27. The average molecular weight is 465 g/mol. The Labute approximate surface area is 205 Å². The Hall–Kier alpha value is -3.98. The first-order valence-corrected chi connectivity index (χ1v) is 12.0. The molecule has 0 aliphatic carbocycles. The molecule has 1 saturated heterocycles. The van der Waals surface area contributed by atoms with Crippen LogP contribution in [0.2, 0.25) is 0 Å². The van der Waals surface area contributed by atoms with E-state index in [1.54, 1.807) is 23.1 Å². The summed E-state index contributed by atoms with van der Waals surface area (Å²) in [6, 6.07) is 21.5. The fourth-order valence-corrected chi connectivity index (χ4v) is 5.18. The molecule has 6 nitrogen and oxygen atoms in total. The molecule has 3 heterocycles. The van der Waals surface area contributed by atoms with E-state index in [1.165, 1.54) is 11.1 Å². The Morgan fingerprint density at radius 2 is 1.97 bits per heavy atom. The number of pyridine rings is 1. The fourth-order valence-electron chi connectivity index (χ4n) is 5.18. The van der Waals surface area contributed by atoms with Crippen molar-refractivity contribution >= 4 is 23.2 Å². The third-order valence-electron chi connectivity index (χ3n) is 7.06. The fraction of sp³-hybridized carbons (Fsp3) is 0.310. The lowest BCUT2D eigenvalue weighted by Gasteiger charge is -2.23. The number of rotatable bonds is 5. The number of benzene rings is 2. The first-order chi connectivity index (χ1) is 16.9. The van der Waals surface area contributed by atoms with E-state index in [2.05, 4.69) is 43.1 Å². The van der Waals surface area contributed by atoms with Crippen LogP contribution in [0.1, 0.15) is 42.7 Å². The molecule has 5 rings (SSSR count). The van der Waals surface area contributed by atoms with Crippen LogP contribution >= 0.6 is 0 Å². The predicted octanol–water partition coefficient (Wildman–Crippen LogP) is 4.42. The van der Waals surface area contributed by atoms with Gasteiger partial charge in [-0.15, -0.1) is 0 Å². The zero-order valence-electron chi connectivity index (χ0n) is 20.1. The quantitative estimate of drug-likeness (QED) is 0.560. The molecule has 0 N–H and O–H groups in total. The minimum Gasteiger partial charge on any atom is -0.312 e. The van der Waals surface area contributed by atoms with Crippen molar-refractivity contribution in [2.45, 2.75) is 38.5 Å². The molecule has 1 atom stereocenters. The van der Waals surface area contributed by atoms with Crippen LogP contribution in [0.4, 0.5) is 11.4 Å². The Bertz CT molecular complexity index is 1330. The number of aryl methyl sites for hydroxylation is 2. The zero-order valence-corrected chi connectivity index (χ0v) is 20.1. The van der Waals surface area contributed by atoms with Crippen molar-refractivity contribution in [3.05, 3.63) is 89.2 Å². The summed E-state index contributed by atoms with van der Waals surface area (Å²) in [5.74, 6) is -0.494. The second-order valence-corrected chi connectivity index (χ2v) is 10.0. The third kappa shape index (κ3) is 4.42. The van der Waals surface area contributed by atoms with E-state index < -0.39 is 5.92 Å². The van der Waals surface area contributed by atoms with E-state index in [0.717, 1.165) is 24.2 Å². The Balaban J connectivity index is 1.33. The molecule has 0 saturated carbocycles. The molecule has 35 heavy (non-hydrogen) atoms. The van der Waals surface area contributed by atoms with Crippen LogP contribution in [-0.4, -0.2) is 29.9 Å². The van der Waals surface area contributed by atoms with Crippen molar-refractivity contribution in [2.24, 2.45) is 5.92 Å². The van der Waals surface area contributed by atoms with Crippen LogP contribution in [0.25, 0.3) is 0 Å². The molecule has 0 unspecified atom stereocenters. The summed E-state index contributed by atoms with van der Waals surface area (Å²) in [6.07, 6.45) is 3.77. The average Bonchev–Trinajstić information content (AvgIpc) is 3.39. The molecule has 2 aromatic carbocycles. The van der Waals surface area contributed by atoms with Crippen LogP contribution in [0.3, 0.4) is 0 Å². The highest BCUT2D eigenvalue weighted by Gasteiger charge is 2.43. The molecule has 2 aliphatic heterocycles. The highest BCUT2D eigenvalue weighted by molar-refractivity contribution is 6.05. The number of carbonyl (C=O) groups excluding carboxylic acids is 2. The first-order valence-electron chi connectivity index (χ1n) is 12.0. The highest BCUT2D eigenvalue weighted by atomic mass is 16.2. The summed E-state index contributed by atoms with van der Waals surface area (Å²) >= 11 is 0. The lowest BCUT2D eigenvalue weighted by molar-refractivity contribution is -0.124. The van der Waals surface area contributed by atoms with Gasteiger partial charge in [0.2, 0.25) is 11.8 Å². The van der Waals surface area contributed by atoms with Crippen molar-refractivity contribution in [3.63, 3.8) is 0 Å². The zero-order chi connectivity index (χ0) is 24.6. The van der Waals surface area contributed by atoms with Gasteiger partial charge in [0, 0.05) is 48.2 Å². The van der Waals surface area contributed by atoms with Gasteiger partial charge in [-0.1, -0.05) is 38.1 Å². The van der Waals surface area contributed by atoms with E-state index in [-0.39, 0.29) is 23.7 Å². The molecule has 3 aromatic rings. The predicted molar refractivity (Wildman–Crippen MR) is 135 cm³/mol. The Kier molecular flexibility index (Phi) is 5.86. The molecule has 0 bridgehead atoms. The number of anilines is 2. The highest BCUT2D eigenvalue weighted by Crippen LogP contribution is 2.42. The SMILES string of the molecule is CC1(C)CN(C(=O)[C@H]2CC(=O)N(c3cccc(C#N)c3)C2)c2ccc(CCc3ccccn3)cc21. The topological polar surface area (TPSA) is 77.3 Å². The maximum atomic E-state index is 13.6. The van der Waals surface area contributed by atoms with Gasteiger partial charge in [0.25, 0.3) is 0 Å². The van der Waals surface area contributed by atoms with Gasteiger partial charge in [-0.3, -0.25) is 14.6 Å². The van der Waals surface area contributed by atoms with Crippen molar-refractivity contribution in [2.75, 3.05) is 22.9 Å². The number of amides is 2. The van der Waals surface area contributed by atoms with Crippen LogP contribution in [0.15, 0.2) is 66.9 Å². The van der Waals surface area contributed by atoms with Crippen LogP contribution in [-0.2, 0) is 27.8 Å². The van der Waals surface area contributed by atoms with Crippen molar-refractivity contribution in [1.29, 1.82) is 5.26 Å². The minimum absolute atomic E-state index is 0.00894. The van der Waals surface area contributed by atoms with E-state index in [1.807, 2.05) is 35.4 Å². The summed E-state index contributed by atoms with van der Waals surface area (Å²) < 4.78 is 0. The van der Waals surface area contributed by atoms with Gasteiger partial charge in [-0.2, -0.15) is 5.26 Å². The smallest absolute Gasteiger partial charge is 0.232 e. The molecule has 6 heteroatoms. The maximum Gasteiger partial charge on any atom is 0.232 e. The minimum atomic E-state index is -0.404. The van der Waals surface area contributed by atoms with E-state index in [4.69, 9.17) is 0 Å². The van der Waals surface area contributed by atoms with Gasteiger partial charge in [-0.05, 0) is 60.4 Å². The second-order valence-electron chi connectivity index (χ2n) is 10.0. The van der Waals surface area contributed by atoms with Gasteiger partial charge in [0.15, 0.2) is 0 Å². The van der Waals surface area contributed by atoms with E-state index in [9.17, 15) is 14.9 Å². The molecule has 0 spiro atoms. The number of carbonyl (C=O) groups is 2. The normalized spacial score (nSPS) is 18.4. The van der Waals surface area contributed by atoms with Gasteiger partial charge in [-0.25, -0.2) is 0 Å². The molecule has 1 fully saturated rings. The molecule has 2 amide bonds. The summed E-state index contributed by atoms with van der Waals surface area (Å²) in [7, 11) is 0. The third-order valence-corrected chi connectivity index (χ3v) is 7.06. The molecule has 2 aliphatic rings. The van der Waals surface area contributed by atoms with Gasteiger partial charge in [0.1, 0.15) is 0 Å². The lowest BCUT2D eigenvalue weighted by atomic mass is 9.85. The number of nitriles is 1. The van der Waals surface area contributed by atoms with Crippen LogP contribution in [0.5, 0.6) is 0 Å². The maximum absolute atomic E-state index is 13.6. The van der Waals surface area contributed by atoms with Gasteiger partial charge in [0.05, 0.1) is 17.6 Å². The second kappa shape index (κ2) is 8.99. The summed E-state index contributed by atoms with van der Waals surface area (Å²) in [4.78, 5) is 34.3. The molecular weight excluding hydrogens is 436 g/mol. The summed E-state index contributed by atoms with van der Waals surface area (Å²) in [5.41, 5.74) is 5.42. The largest absolute Gasteiger partial charge is 0.312 e. The number of aromatic nitrogens is 1. The van der Waals surface area contributed by atoms with E-state index in [0.29, 0.717) is 24.3 Å².